The van der Waals surface area contributed by atoms with Crippen LogP contribution < -0.4 is 10.6 Å². The molecule has 9 heteroatoms. The van der Waals surface area contributed by atoms with Crippen molar-refractivity contribution in [3.05, 3.63) is 28.2 Å². The lowest BCUT2D eigenvalue weighted by molar-refractivity contribution is -0.113. The van der Waals surface area contributed by atoms with Crippen LogP contribution in [0.4, 0.5) is 10.8 Å². The van der Waals surface area contributed by atoms with E-state index in [0.717, 1.165) is 16.0 Å². The molecular formula is C14H16Cl2N4OS2. The Morgan fingerprint density at radius 1 is 1.35 bits per heavy atom. The summed E-state index contributed by atoms with van der Waals surface area (Å²) in [6.07, 6.45) is 0. The average Bonchev–Trinajstić information content (AvgIpc) is 2.95. The van der Waals surface area contributed by atoms with Crippen LogP contribution >= 0.6 is 46.3 Å². The van der Waals surface area contributed by atoms with Crippen molar-refractivity contribution < 1.29 is 4.79 Å². The third kappa shape index (κ3) is 6.18. The van der Waals surface area contributed by atoms with E-state index >= 15 is 0 Å². The van der Waals surface area contributed by atoms with Crippen LogP contribution in [0.2, 0.25) is 10.0 Å². The fourth-order valence-corrected chi connectivity index (χ4v) is 3.43. The van der Waals surface area contributed by atoms with Gasteiger partial charge in [-0.3, -0.25) is 4.79 Å². The van der Waals surface area contributed by atoms with E-state index in [1.807, 2.05) is 0 Å². The zero-order valence-corrected chi connectivity index (χ0v) is 15.7. The summed E-state index contributed by atoms with van der Waals surface area (Å²) in [6, 6.07) is 4.93. The number of rotatable bonds is 7. The molecule has 0 bridgehead atoms. The fraction of sp³-hybridized carbons (Fsp3) is 0.357. The lowest BCUT2D eigenvalue weighted by atomic mass is 10.2. The number of amides is 1. The van der Waals surface area contributed by atoms with Gasteiger partial charge in [0.2, 0.25) is 11.0 Å². The topological polar surface area (TPSA) is 66.9 Å². The molecule has 0 aliphatic rings. The molecule has 1 amide bonds. The molecule has 23 heavy (non-hydrogen) atoms. The van der Waals surface area contributed by atoms with E-state index in [1.54, 1.807) is 18.2 Å². The Balaban J connectivity index is 1.83. The first-order valence-corrected chi connectivity index (χ1v) is 9.45. The number of hydrogen-bond acceptors (Lipinski definition) is 6. The maximum atomic E-state index is 12.0. The van der Waals surface area contributed by atoms with Crippen molar-refractivity contribution >= 4 is 63.0 Å². The predicted molar refractivity (Wildman–Crippen MR) is 99.1 cm³/mol. The van der Waals surface area contributed by atoms with Crippen LogP contribution in [0.3, 0.4) is 0 Å². The first-order valence-electron chi connectivity index (χ1n) is 6.89. The van der Waals surface area contributed by atoms with Gasteiger partial charge in [0.15, 0.2) is 4.34 Å². The molecule has 0 radical (unpaired) electrons. The van der Waals surface area contributed by atoms with Gasteiger partial charge < -0.3 is 10.6 Å². The third-order valence-electron chi connectivity index (χ3n) is 2.60. The lowest BCUT2D eigenvalue weighted by Gasteiger charge is -2.06. The van der Waals surface area contributed by atoms with Gasteiger partial charge in [-0.05, 0) is 24.1 Å². The highest BCUT2D eigenvalue weighted by molar-refractivity contribution is 8.01. The molecule has 0 aliphatic heterocycles. The molecule has 0 spiro atoms. The molecule has 0 saturated heterocycles. The van der Waals surface area contributed by atoms with Gasteiger partial charge in [0, 0.05) is 11.6 Å². The van der Waals surface area contributed by atoms with Crippen LogP contribution in [0.15, 0.2) is 22.5 Å². The molecule has 0 fully saturated rings. The SMILES string of the molecule is CC(C)CNc1nnc(SCC(=O)Nc2cc(Cl)ccc2Cl)s1. The summed E-state index contributed by atoms with van der Waals surface area (Å²) in [5, 5.41) is 15.8. The largest absolute Gasteiger partial charge is 0.360 e. The van der Waals surface area contributed by atoms with Gasteiger partial charge in [0.1, 0.15) is 0 Å². The standard InChI is InChI=1S/C14H16Cl2N4OS2/c1-8(2)6-17-13-19-20-14(23-13)22-7-12(21)18-11-5-9(15)3-4-10(11)16/h3-5,8H,6-7H2,1-2H3,(H,17,19)(H,18,21). The monoisotopic (exact) mass is 390 g/mol. The molecule has 2 aromatic rings. The lowest BCUT2D eigenvalue weighted by Crippen LogP contribution is -2.14. The van der Waals surface area contributed by atoms with Gasteiger partial charge in [-0.1, -0.05) is 60.1 Å². The van der Waals surface area contributed by atoms with Crippen LogP contribution in [-0.2, 0) is 4.79 Å². The van der Waals surface area contributed by atoms with Crippen LogP contribution in [0, 0.1) is 5.92 Å². The normalized spacial score (nSPS) is 10.8. The Morgan fingerprint density at radius 3 is 2.87 bits per heavy atom. The number of hydrogen-bond donors (Lipinski definition) is 2. The number of halogens is 2. The first-order chi connectivity index (χ1) is 10.9. The number of anilines is 2. The molecule has 2 rings (SSSR count). The molecular weight excluding hydrogens is 375 g/mol. The van der Waals surface area contributed by atoms with Gasteiger partial charge in [-0.15, -0.1) is 10.2 Å². The second-order valence-electron chi connectivity index (χ2n) is 5.11. The minimum Gasteiger partial charge on any atom is -0.360 e. The van der Waals surface area contributed by atoms with Gasteiger partial charge in [-0.2, -0.15) is 0 Å². The minimum atomic E-state index is -0.175. The van der Waals surface area contributed by atoms with Crippen molar-refractivity contribution in [2.75, 3.05) is 22.9 Å². The Kier molecular flexibility index (Phi) is 6.95. The second kappa shape index (κ2) is 8.73. The molecule has 0 atom stereocenters. The fourth-order valence-electron chi connectivity index (χ4n) is 1.54. The Morgan fingerprint density at radius 2 is 2.13 bits per heavy atom. The molecule has 124 valence electrons. The summed E-state index contributed by atoms with van der Waals surface area (Å²) in [4.78, 5) is 12.0. The first kappa shape index (κ1) is 18.3. The smallest absolute Gasteiger partial charge is 0.234 e. The highest BCUT2D eigenvalue weighted by Crippen LogP contribution is 2.27. The van der Waals surface area contributed by atoms with Crippen molar-refractivity contribution in [1.29, 1.82) is 0 Å². The Labute approximate surface area is 153 Å². The highest BCUT2D eigenvalue weighted by Gasteiger charge is 2.10. The predicted octanol–water partition coefficient (Wildman–Crippen LogP) is 4.64. The number of aromatic nitrogens is 2. The average molecular weight is 391 g/mol. The number of nitrogens with zero attached hydrogens (tertiary/aromatic N) is 2. The molecule has 1 aromatic carbocycles. The summed E-state index contributed by atoms with van der Waals surface area (Å²) in [7, 11) is 0. The zero-order valence-electron chi connectivity index (χ0n) is 12.6. The maximum absolute atomic E-state index is 12.0. The van der Waals surface area contributed by atoms with Gasteiger partial charge in [0.05, 0.1) is 16.5 Å². The summed E-state index contributed by atoms with van der Waals surface area (Å²) >= 11 is 14.7. The van der Waals surface area contributed by atoms with E-state index < -0.39 is 0 Å². The van der Waals surface area contributed by atoms with Crippen LogP contribution in [0.1, 0.15) is 13.8 Å². The summed E-state index contributed by atoms with van der Waals surface area (Å²) < 4.78 is 0.739. The Bertz CT molecular complexity index is 679. The van der Waals surface area contributed by atoms with Crippen molar-refractivity contribution in [3.8, 4) is 0 Å². The third-order valence-corrected chi connectivity index (χ3v) is 5.18. The van der Waals surface area contributed by atoms with E-state index in [1.165, 1.54) is 23.1 Å². The van der Waals surface area contributed by atoms with Crippen molar-refractivity contribution in [1.82, 2.24) is 10.2 Å². The molecule has 1 heterocycles. The molecule has 0 saturated carbocycles. The molecule has 0 aliphatic carbocycles. The Hall–Kier alpha value is -1.02. The van der Waals surface area contributed by atoms with Crippen LogP contribution in [-0.4, -0.2) is 28.4 Å². The molecule has 0 unspecified atom stereocenters. The van der Waals surface area contributed by atoms with Crippen LogP contribution in [0.5, 0.6) is 0 Å². The van der Waals surface area contributed by atoms with E-state index in [4.69, 9.17) is 23.2 Å². The van der Waals surface area contributed by atoms with Gasteiger partial charge in [-0.25, -0.2) is 0 Å². The van der Waals surface area contributed by atoms with Crippen LogP contribution in [0.25, 0.3) is 0 Å². The van der Waals surface area contributed by atoms with Crippen molar-refractivity contribution in [2.45, 2.75) is 18.2 Å². The summed E-state index contributed by atoms with van der Waals surface area (Å²) in [6.45, 7) is 5.08. The zero-order chi connectivity index (χ0) is 16.8. The molecule has 2 N–H and O–H groups in total. The van der Waals surface area contributed by atoms with Gasteiger partial charge >= 0.3 is 0 Å². The quantitative estimate of drug-likeness (QED) is 0.673. The molecule has 1 aromatic heterocycles. The molecule has 5 nitrogen and oxygen atoms in total. The second-order valence-corrected chi connectivity index (χ2v) is 8.15. The van der Waals surface area contributed by atoms with E-state index in [-0.39, 0.29) is 11.7 Å². The van der Waals surface area contributed by atoms with Crippen molar-refractivity contribution in [2.24, 2.45) is 5.92 Å². The minimum absolute atomic E-state index is 0.175. The number of nitrogens with one attached hydrogen (secondary N) is 2. The highest BCUT2D eigenvalue weighted by atomic mass is 35.5. The summed E-state index contributed by atoms with van der Waals surface area (Å²) in [5.74, 6) is 0.580. The number of carbonyl (C=O) groups excluding carboxylic acids is 1. The summed E-state index contributed by atoms with van der Waals surface area (Å²) in [5.41, 5.74) is 0.501. The number of carbonyl (C=O) groups is 1. The van der Waals surface area contributed by atoms with E-state index in [0.29, 0.717) is 21.7 Å². The number of thioether (sulfide) groups is 1. The van der Waals surface area contributed by atoms with E-state index in [9.17, 15) is 4.79 Å². The van der Waals surface area contributed by atoms with Gasteiger partial charge in [0.25, 0.3) is 0 Å². The van der Waals surface area contributed by atoms with E-state index in [2.05, 4.69) is 34.7 Å². The number of benzene rings is 1. The maximum Gasteiger partial charge on any atom is 0.234 e. The van der Waals surface area contributed by atoms with Crippen molar-refractivity contribution in [3.63, 3.8) is 0 Å².